The zero-order valence-electron chi connectivity index (χ0n) is 18.8. The second-order valence-electron chi connectivity index (χ2n) is 8.60. The Labute approximate surface area is 201 Å². The first-order valence-electron chi connectivity index (χ1n) is 11.3. The van der Waals surface area contributed by atoms with Gasteiger partial charge in [-0.3, -0.25) is 0 Å². The lowest BCUT2D eigenvalue weighted by Gasteiger charge is -2.18. The van der Waals surface area contributed by atoms with E-state index in [2.05, 4.69) is 10.2 Å². The van der Waals surface area contributed by atoms with Crippen LogP contribution in [0.2, 0.25) is 0 Å². The molecule has 1 aromatic heterocycles. The SMILES string of the molecule is FC(F)(F)c1ccc(C2(c3cc(OCc4ccccc4)c(OCc4ccccc4)nn3)CC2)cc1. The normalized spacial score (nSPS) is 14.4. The van der Waals surface area contributed by atoms with Gasteiger partial charge in [0, 0.05) is 11.5 Å². The van der Waals surface area contributed by atoms with E-state index in [0.29, 0.717) is 24.7 Å². The topological polar surface area (TPSA) is 44.2 Å². The average Bonchev–Trinajstić information content (AvgIpc) is 3.69. The van der Waals surface area contributed by atoms with Crippen molar-refractivity contribution in [3.05, 3.63) is 119 Å². The van der Waals surface area contributed by atoms with Gasteiger partial charge in [-0.25, -0.2) is 0 Å². The van der Waals surface area contributed by atoms with Gasteiger partial charge in [0.25, 0.3) is 5.88 Å². The van der Waals surface area contributed by atoms with E-state index in [0.717, 1.165) is 41.7 Å². The molecule has 0 atom stereocenters. The molecule has 1 saturated carbocycles. The van der Waals surface area contributed by atoms with Crippen LogP contribution in [0, 0.1) is 0 Å². The van der Waals surface area contributed by atoms with Crippen LogP contribution in [0.25, 0.3) is 0 Å². The molecule has 178 valence electrons. The van der Waals surface area contributed by atoms with Gasteiger partial charge in [-0.2, -0.15) is 18.3 Å². The lowest BCUT2D eigenvalue weighted by Crippen LogP contribution is -2.14. The quantitative estimate of drug-likeness (QED) is 0.283. The van der Waals surface area contributed by atoms with Crippen LogP contribution in [0.4, 0.5) is 13.2 Å². The summed E-state index contributed by atoms with van der Waals surface area (Å²) in [5.74, 6) is 0.727. The van der Waals surface area contributed by atoms with Gasteiger partial charge in [0.2, 0.25) is 0 Å². The molecule has 0 spiro atoms. The van der Waals surface area contributed by atoms with Crippen LogP contribution in [0.15, 0.2) is 91.0 Å². The van der Waals surface area contributed by atoms with Crippen molar-refractivity contribution in [3.8, 4) is 11.6 Å². The molecule has 0 radical (unpaired) electrons. The summed E-state index contributed by atoms with van der Waals surface area (Å²) in [7, 11) is 0. The fourth-order valence-corrected chi connectivity index (χ4v) is 4.06. The summed E-state index contributed by atoms with van der Waals surface area (Å²) < 4.78 is 51.1. The Morgan fingerprint density at radius 3 is 1.83 bits per heavy atom. The Balaban J connectivity index is 1.42. The third-order valence-corrected chi connectivity index (χ3v) is 6.19. The molecular weight excluding hydrogens is 453 g/mol. The average molecular weight is 476 g/mol. The maximum atomic E-state index is 13.0. The molecule has 4 nitrogen and oxygen atoms in total. The van der Waals surface area contributed by atoms with Crippen LogP contribution >= 0.6 is 0 Å². The fraction of sp³-hybridized carbons (Fsp3) is 0.214. The number of hydrogen-bond donors (Lipinski definition) is 0. The molecule has 4 aromatic rings. The van der Waals surface area contributed by atoms with Crippen molar-refractivity contribution in [2.24, 2.45) is 0 Å². The second-order valence-corrected chi connectivity index (χ2v) is 8.60. The molecule has 0 aliphatic heterocycles. The van der Waals surface area contributed by atoms with Crippen molar-refractivity contribution in [2.45, 2.75) is 37.6 Å². The Kier molecular flexibility index (Phi) is 6.16. The molecule has 35 heavy (non-hydrogen) atoms. The number of ether oxygens (including phenoxy) is 2. The van der Waals surface area contributed by atoms with Gasteiger partial charge < -0.3 is 9.47 Å². The first kappa shape index (κ1) is 22.9. The summed E-state index contributed by atoms with van der Waals surface area (Å²) >= 11 is 0. The van der Waals surface area contributed by atoms with Gasteiger partial charge in [-0.15, -0.1) is 5.10 Å². The maximum absolute atomic E-state index is 13.0. The minimum atomic E-state index is -4.37. The van der Waals surface area contributed by atoms with Crippen LogP contribution in [-0.2, 0) is 24.8 Å². The van der Waals surface area contributed by atoms with Crippen molar-refractivity contribution >= 4 is 0 Å². The molecule has 0 N–H and O–H groups in total. The van der Waals surface area contributed by atoms with Gasteiger partial charge >= 0.3 is 6.18 Å². The summed E-state index contributed by atoms with van der Waals surface area (Å²) in [5.41, 5.74) is 2.28. The highest BCUT2D eigenvalue weighted by molar-refractivity contribution is 5.46. The summed E-state index contributed by atoms with van der Waals surface area (Å²) in [6.07, 6.45) is -2.82. The Morgan fingerprint density at radius 1 is 0.714 bits per heavy atom. The van der Waals surface area contributed by atoms with E-state index >= 15 is 0 Å². The zero-order valence-corrected chi connectivity index (χ0v) is 18.8. The van der Waals surface area contributed by atoms with E-state index in [9.17, 15) is 13.2 Å². The first-order chi connectivity index (χ1) is 16.9. The predicted octanol–water partition coefficient (Wildman–Crippen LogP) is 6.73. The van der Waals surface area contributed by atoms with Gasteiger partial charge in [-0.05, 0) is 41.7 Å². The highest BCUT2D eigenvalue weighted by Crippen LogP contribution is 2.53. The van der Waals surface area contributed by atoms with Crippen molar-refractivity contribution < 1.29 is 22.6 Å². The molecule has 0 amide bonds. The minimum Gasteiger partial charge on any atom is -0.483 e. The van der Waals surface area contributed by atoms with Crippen molar-refractivity contribution in [2.75, 3.05) is 0 Å². The largest absolute Gasteiger partial charge is 0.483 e. The van der Waals surface area contributed by atoms with Gasteiger partial charge in [0.1, 0.15) is 13.2 Å². The number of hydrogen-bond acceptors (Lipinski definition) is 4. The predicted molar refractivity (Wildman–Crippen MR) is 125 cm³/mol. The zero-order chi connectivity index (χ0) is 24.3. The Morgan fingerprint density at radius 2 is 1.29 bits per heavy atom. The van der Waals surface area contributed by atoms with Crippen molar-refractivity contribution in [1.82, 2.24) is 10.2 Å². The van der Waals surface area contributed by atoms with E-state index in [1.165, 1.54) is 12.1 Å². The molecule has 7 heteroatoms. The monoisotopic (exact) mass is 476 g/mol. The van der Waals surface area contributed by atoms with E-state index < -0.39 is 17.2 Å². The minimum absolute atomic E-state index is 0.275. The van der Waals surface area contributed by atoms with Crippen LogP contribution in [0.3, 0.4) is 0 Å². The molecule has 3 aromatic carbocycles. The Bertz CT molecular complexity index is 1270. The molecule has 1 aliphatic rings. The number of alkyl halides is 3. The van der Waals surface area contributed by atoms with E-state index in [1.54, 1.807) is 6.07 Å². The number of halogens is 3. The van der Waals surface area contributed by atoms with Crippen LogP contribution in [-0.4, -0.2) is 10.2 Å². The highest BCUT2D eigenvalue weighted by Gasteiger charge is 2.48. The lowest BCUT2D eigenvalue weighted by molar-refractivity contribution is -0.137. The number of benzene rings is 3. The van der Waals surface area contributed by atoms with E-state index in [4.69, 9.17) is 9.47 Å². The summed E-state index contributed by atoms with van der Waals surface area (Å²) in [6.45, 7) is 0.627. The second kappa shape index (κ2) is 9.41. The fourth-order valence-electron chi connectivity index (χ4n) is 4.06. The van der Waals surface area contributed by atoms with Crippen LogP contribution in [0.5, 0.6) is 11.6 Å². The third-order valence-electron chi connectivity index (χ3n) is 6.19. The van der Waals surface area contributed by atoms with Crippen molar-refractivity contribution in [3.63, 3.8) is 0 Å². The molecule has 0 unspecified atom stereocenters. The molecule has 0 saturated heterocycles. The molecule has 5 rings (SSSR count). The molecule has 1 fully saturated rings. The Hall–Kier alpha value is -3.87. The van der Waals surface area contributed by atoms with E-state index in [-0.39, 0.29) is 5.88 Å². The van der Waals surface area contributed by atoms with Gasteiger partial charge in [0.15, 0.2) is 5.75 Å². The standard InChI is InChI=1S/C28H23F3N2O2/c29-28(30,31)23-13-11-22(12-14-23)27(15-16-27)25-17-24(34-18-20-7-3-1-4-8-20)26(33-32-25)35-19-21-9-5-2-6-10-21/h1-14,17H,15-16,18-19H2. The first-order valence-corrected chi connectivity index (χ1v) is 11.3. The smallest absolute Gasteiger partial charge is 0.416 e. The van der Waals surface area contributed by atoms with Crippen molar-refractivity contribution in [1.29, 1.82) is 0 Å². The summed E-state index contributed by atoms with van der Waals surface area (Å²) in [4.78, 5) is 0. The molecule has 1 aliphatic carbocycles. The molecular formula is C28H23F3N2O2. The molecule has 1 heterocycles. The van der Waals surface area contributed by atoms with Crippen LogP contribution in [0.1, 0.15) is 40.8 Å². The summed E-state index contributed by atoms with van der Waals surface area (Å²) in [6, 6.07) is 26.5. The number of aromatic nitrogens is 2. The number of nitrogens with zero attached hydrogens (tertiary/aromatic N) is 2. The lowest BCUT2D eigenvalue weighted by atomic mass is 9.91. The third kappa shape index (κ3) is 5.14. The number of rotatable bonds is 8. The van der Waals surface area contributed by atoms with Crippen LogP contribution < -0.4 is 9.47 Å². The van der Waals surface area contributed by atoms with Gasteiger partial charge in [-0.1, -0.05) is 72.8 Å². The summed E-state index contributed by atoms with van der Waals surface area (Å²) in [5, 5.41) is 8.73. The highest BCUT2D eigenvalue weighted by atomic mass is 19.4. The maximum Gasteiger partial charge on any atom is 0.416 e. The van der Waals surface area contributed by atoms with E-state index in [1.807, 2.05) is 60.7 Å². The van der Waals surface area contributed by atoms with Gasteiger partial charge in [0.05, 0.1) is 11.3 Å². The molecule has 0 bridgehead atoms.